The van der Waals surface area contributed by atoms with E-state index >= 15 is 0 Å². The fourth-order valence-electron chi connectivity index (χ4n) is 2.68. The monoisotopic (exact) mass is 239 g/mol. The van der Waals surface area contributed by atoms with Crippen LogP contribution in [0.15, 0.2) is 60.3 Å². The van der Waals surface area contributed by atoms with Crippen LogP contribution in [-0.2, 0) is 0 Å². The van der Waals surface area contributed by atoms with Crippen LogP contribution in [0.4, 0.5) is 0 Å². The Morgan fingerprint density at radius 3 is 2.94 bits per heavy atom. The number of nitrogens with one attached hydrogen (secondary N) is 1. The molecule has 3 rings (SSSR count). The van der Waals surface area contributed by atoms with Crippen LogP contribution in [-0.4, -0.2) is 17.3 Å². The largest absolute Gasteiger partial charge is 0.388 e. The summed E-state index contributed by atoms with van der Waals surface area (Å²) in [6.45, 7) is 0.944. The predicted molar refractivity (Wildman–Crippen MR) is 73.8 cm³/mol. The molecule has 1 aliphatic heterocycles. The van der Waals surface area contributed by atoms with E-state index in [0.29, 0.717) is 0 Å². The molecule has 1 fully saturated rings. The van der Waals surface area contributed by atoms with E-state index in [0.717, 1.165) is 24.2 Å². The molecule has 0 amide bonds. The van der Waals surface area contributed by atoms with Gasteiger partial charge in [0.1, 0.15) is 5.60 Å². The molecule has 92 valence electrons. The molecule has 2 unspecified atom stereocenters. The summed E-state index contributed by atoms with van der Waals surface area (Å²) in [6, 6.07) is 10.1. The maximum Gasteiger partial charge on any atom is 0.110 e. The highest BCUT2D eigenvalue weighted by Crippen LogP contribution is 2.36. The lowest BCUT2D eigenvalue weighted by Crippen LogP contribution is -2.35. The SMILES string of the molecule is OC1(C=Cc2ccccc2)C=CC=C2NCCC21. The second kappa shape index (κ2) is 4.46. The van der Waals surface area contributed by atoms with Crippen LogP contribution in [0.5, 0.6) is 0 Å². The number of hydrogen-bond donors (Lipinski definition) is 2. The summed E-state index contributed by atoms with van der Waals surface area (Å²) in [5.41, 5.74) is 1.41. The third-order valence-corrected chi connectivity index (χ3v) is 3.68. The van der Waals surface area contributed by atoms with Gasteiger partial charge in [-0.05, 0) is 30.2 Å². The Bertz CT molecular complexity index is 515. The van der Waals surface area contributed by atoms with E-state index < -0.39 is 5.60 Å². The number of hydrogen-bond acceptors (Lipinski definition) is 2. The Hall–Kier alpha value is -1.80. The zero-order valence-corrected chi connectivity index (χ0v) is 10.2. The van der Waals surface area contributed by atoms with E-state index in [1.165, 1.54) is 0 Å². The van der Waals surface area contributed by atoms with Gasteiger partial charge in [0.25, 0.3) is 0 Å². The number of aliphatic hydroxyl groups is 1. The summed E-state index contributed by atoms with van der Waals surface area (Å²) in [6.07, 6.45) is 10.7. The van der Waals surface area contributed by atoms with Crippen molar-refractivity contribution < 1.29 is 5.11 Å². The van der Waals surface area contributed by atoms with Gasteiger partial charge in [0.15, 0.2) is 0 Å². The summed E-state index contributed by atoms with van der Waals surface area (Å²) in [7, 11) is 0. The van der Waals surface area contributed by atoms with Crippen LogP contribution in [0, 0.1) is 5.92 Å². The maximum atomic E-state index is 10.7. The Morgan fingerprint density at radius 2 is 2.11 bits per heavy atom. The molecule has 0 spiro atoms. The minimum atomic E-state index is -0.858. The second-order valence-electron chi connectivity index (χ2n) is 4.88. The molecule has 1 aromatic carbocycles. The molecule has 0 radical (unpaired) electrons. The van der Waals surface area contributed by atoms with E-state index in [1.54, 1.807) is 0 Å². The average molecular weight is 239 g/mol. The van der Waals surface area contributed by atoms with Crippen molar-refractivity contribution in [2.75, 3.05) is 6.54 Å². The normalized spacial score (nSPS) is 30.1. The highest BCUT2D eigenvalue weighted by atomic mass is 16.3. The highest BCUT2D eigenvalue weighted by Gasteiger charge is 2.38. The van der Waals surface area contributed by atoms with Crippen LogP contribution in [0.25, 0.3) is 6.08 Å². The minimum Gasteiger partial charge on any atom is -0.388 e. The fourth-order valence-corrected chi connectivity index (χ4v) is 2.68. The van der Waals surface area contributed by atoms with Crippen molar-refractivity contribution in [3.8, 4) is 0 Å². The summed E-state index contributed by atoms with van der Waals surface area (Å²) in [4.78, 5) is 0. The minimum absolute atomic E-state index is 0.169. The van der Waals surface area contributed by atoms with Gasteiger partial charge in [-0.2, -0.15) is 0 Å². The third kappa shape index (κ3) is 2.00. The van der Waals surface area contributed by atoms with Gasteiger partial charge in [0.2, 0.25) is 0 Å². The maximum absolute atomic E-state index is 10.7. The molecule has 1 aliphatic carbocycles. The van der Waals surface area contributed by atoms with Crippen molar-refractivity contribution in [2.45, 2.75) is 12.0 Å². The van der Waals surface area contributed by atoms with E-state index in [1.807, 2.05) is 54.6 Å². The lowest BCUT2D eigenvalue weighted by molar-refractivity contribution is 0.0939. The first-order chi connectivity index (χ1) is 8.78. The first-order valence-electron chi connectivity index (χ1n) is 6.38. The zero-order valence-electron chi connectivity index (χ0n) is 10.2. The van der Waals surface area contributed by atoms with Crippen molar-refractivity contribution in [2.24, 2.45) is 5.92 Å². The molecule has 1 saturated heterocycles. The van der Waals surface area contributed by atoms with Gasteiger partial charge in [0, 0.05) is 18.2 Å². The van der Waals surface area contributed by atoms with Gasteiger partial charge >= 0.3 is 0 Å². The number of fused-ring (bicyclic) bond motifs is 1. The average Bonchev–Trinajstić information content (AvgIpc) is 2.88. The molecule has 1 aromatic rings. The molecule has 2 aliphatic rings. The van der Waals surface area contributed by atoms with Crippen LogP contribution >= 0.6 is 0 Å². The molecule has 2 heteroatoms. The lowest BCUT2D eigenvalue weighted by Gasteiger charge is -2.30. The lowest BCUT2D eigenvalue weighted by atomic mass is 9.81. The van der Waals surface area contributed by atoms with Crippen molar-refractivity contribution in [1.29, 1.82) is 0 Å². The van der Waals surface area contributed by atoms with Gasteiger partial charge in [-0.15, -0.1) is 0 Å². The van der Waals surface area contributed by atoms with Crippen LogP contribution in [0.3, 0.4) is 0 Å². The molecule has 2 N–H and O–H groups in total. The second-order valence-corrected chi connectivity index (χ2v) is 4.88. The van der Waals surface area contributed by atoms with Crippen molar-refractivity contribution in [3.05, 3.63) is 65.9 Å². The molecule has 1 heterocycles. The van der Waals surface area contributed by atoms with Gasteiger partial charge in [0.05, 0.1) is 0 Å². The predicted octanol–water partition coefficient (Wildman–Crippen LogP) is 2.49. The molecule has 2 nitrogen and oxygen atoms in total. The first kappa shape index (κ1) is 11.3. The molecular formula is C16H17NO. The molecule has 0 aromatic heterocycles. The van der Waals surface area contributed by atoms with E-state index in [-0.39, 0.29) is 5.92 Å². The standard InChI is InChI=1S/C16H17NO/c18-16(11-8-13-5-2-1-3-6-13)10-4-7-15-14(16)9-12-17-15/h1-8,10-11,14,17-18H,9,12H2. The van der Waals surface area contributed by atoms with Gasteiger partial charge < -0.3 is 10.4 Å². The topological polar surface area (TPSA) is 32.3 Å². The van der Waals surface area contributed by atoms with Crippen molar-refractivity contribution in [3.63, 3.8) is 0 Å². The van der Waals surface area contributed by atoms with Gasteiger partial charge in [-0.25, -0.2) is 0 Å². The molecule has 18 heavy (non-hydrogen) atoms. The summed E-state index contributed by atoms with van der Waals surface area (Å²) in [5.74, 6) is 0.169. The smallest absolute Gasteiger partial charge is 0.110 e. The molecule has 0 bridgehead atoms. The van der Waals surface area contributed by atoms with Crippen molar-refractivity contribution in [1.82, 2.24) is 5.32 Å². The summed E-state index contributed by atoms with van der Waals surface area (Å²) < 4.78 is 0. The van der Waals surface area contributed by atoms with Crippen molar-refractivity contribution >= 4 is 6.08 Å². The molecule has 0 saturated carbocycles. The Kier molecular flexibility index (Phi) is 2.80. The van der Waals surface area contributed by atoms with Crippen LogP contribution in [0.2, 0.25) is 0 Å². The Morgan fingerprint density at radius 1 is 1.28 bits per heavy atom. The quantitative estimate of drug-likeness (QED) is 0.831. The summed E-state index contributed by atoms with van der Waals surface area (Å²) >= 11 is 0. The fraction of sp³-hybridized carbons (Fsp3) is 0.250. The zero-order chi connectivity index (χ0) is 12.4. The van der Waals surface area contributed by atoms with Crippen LogP contribution in [0.1, 0.15) is 12.0 Å². The Labute approximate surface area is 107 Å². The van der Waals surface area contributed by atoms with Gasteiger partial charge in [-0.3, -0.25) is 0 Å². The first-order valence-corrected chi connectivity index (χ1v) is 6.38. The van der Waals surface area contributed by atoms with E-state index in [2.05, 4.69) is 11.4 Å². The number of rotatable bonds is 2. The van der Waals surface area contributed by atoms with Crippen LogP contribution < -0.4 is 5.32 Å². The molecule has 2 atom stereocenters. The summed E-state index contributed by atoms with van der Waals surface area (Å²) in [5, 5.41) is 14.1. The Balaban J connectivity index is 1.85. The van der Waals surface area contributed by atoms with E-state index in [4.69, 9.17) is 0 Å². The van der Waals surface area contributed by atoms with E-state index in [9.17, 15) is 5.11 Å². The molecular weight excluding hydrogens is 222 g/mol. The van der Waals surface area contributed by atoms with Gasteiger partial charge in [-0.1, -0.05) is 42.5 Å². The number of benzene rings is 1. The highest BCUT2D eigenvalue weighted by molar-refractivity contribution is 5.52. The number of allylic oxidation sites excluding steroid dienone is 2. The third-order valence-electron chi connectivity index (χ3n) is 3.68.